The molecule has 1 aromatic carbocycles. The highest BCUT2D eigenvalue weighted by atomic mass is 32.2. The first-order valence-corrected chi connectivity index (χ1v) is 10.7. The van der Waals surface area contributed by atoms with E-state index in [1.165, 1.54) is 49.1 Å². The van der Waals surface area contributed by atoms with Crippen LogP contribution in [0.2, 0.25) is 0 Å². The number of nitrogens with two attached hydrogens (primary N) is 1. The number of rotatable bonds is 4. The summed E-state index contributed by atoms with van der Waals surface area (Å²) in [6.45, 7) is 4.12. The number of sulfonamides is 1. The first-order chi connectivity index (χ1) is 11.8. The van der Waals surface area contributed by atoms with Gasteiger partial charge in [-0.3, -0.25) is 4.79 Å². The number of benzene rings is 1. The Balaban J connectivity index is 1.59. The van der Waals surface area contributed by atoms with Crippen LogP contribution >= 0.6 is 0 Å². The molecule has 25 heavy (non-hydrogen) atoms. The van der Waals surface area contributed by atoms with Gasteiger partial charge in [0.05, 0.1) is 18.0 Å². The van der Waals surface area contributed by atoms with Gasteiger partial charge in [0.15, 0.2) is 6.04 Å². The number of piperidine rings is 1. The van der Waals surface area contributed by atoms with E-state index >= 15 is 0 Å². The number of amides is 1. The van der Waals surface area contributed by atoms with Gasteiger partial charge in [0.25, 0.3) is 5.91 Å². The molecule has 3 rings (SSSR count). The molecule has 1 heterocycles. The van der Waals surface area contributed by atoms with Crippen LogP contribution in [-0.2, 0) is 14.8 Å². The Hall–Kier alpha value is -1.44. The molecule has 1 aliphatic carbocycles. The van der Waals surface area contributed by atoms with E-state index in [2.05, 4.69) is 5.32 Å². The van der Waals surface area contributed by atoms with E-state index in [-0.39, 0.29) is 16.8 Å². The molecule has 0 spiro atoms. The summed E-state index contributed by atoms with van der Waals surface area (Å²) in [6.07, 6.45) is 6.57. The van der Waals surface area contributed by atoms with Crippen LogP contribution in [-0.4, -0.2) is 33.5 Å². The molecule has 2 aliphatic rings. The minimum absolute atomic E-state index is 0.0207. The molecule has 138 valence electrons. The smallest absolute Gasteiger partial charge is 0.282 e. The topological polar surface area (TPSA) is 93.7 Å². The van der Waals surface area contributed by atoms with E-state index in [9.17, 15) is 13.2 Å². The lowest BCUT2D eigenvalue weighted by molar-refractivity contribution is -0.924. The molecule has 6 nitrogen and oxygen atoms in total. The van der Waals surface area contributed by atoms with Crippen LogP contribution < -0.4 is 15.4 Å². The summed E-state index contributed by atoms with van der Waals surface area (Å²) >= 11 is 0. The predicted molar refractivity (Wildman–Crippen MR) is 96.7 cm³/mol. The molecule has 4 N–H and O–H groups in total. The highest BCUT2D eigenvalue weighted by Crippen LogP contribution is 2.32. The number of likely N-dealkylation sites (tertiary alicyclic amines) is 1. The lowest BCUT2D eigenvalue weighted by atomic mass is 9.75. The van der Waals surface area contributed by atoms with E-state index < -0.39 is 10.0 Å². The molecule has 1 aromatic rings. The molecule has 1 aliphatic heterocycles. The van der Waals surface area contributed by atoms with Gasteiger partial charge in [0.1, 0.15) is 0 Å². The van der Waals surface area contributed by atoms with Gasteiger partial charge in [-0.05, 0) is 56.4 Å². The van der Waals surface area contributed by atoms with E-state index in [1.807, 2.05) is 6.92 Å². The molecule has 0 aromatic heterocycles. The maximum atomic E-state index is 12.6. The van der Waals surface area contributed by atoms with Crippen LogP contribution in [0.5, 0.6) is 0 Å². The van der Waals surface area contributed by atoms with Crippen molar-refractivity contribution < 1.29 is 18.1 Å². The molecule has 1 saturated carbocycles. The third-order valence-corrected chi connectivity index (χ3v) is 6.81. The van der Waals surface area contributed by atoms with Crippen molar-refractivity contribution in [3.8, 4) is 0 Å². The molecule has 0 bridgehead atoms. The zero-order valence-corrected chi connectivity index (χ0v) is 15.5. The summed E-state index contributed by atoms with van der Waals surface area (Å²) in [5.41, 5.74) is 0.594. The number of fused-ring (bicyclic) bond motifs is 1. The first kappa shape index (κ1) is 18.4. The molecular weight excluding hydrogens is 338 g/mol. The number of quaternary nitrogens is 1. The molecular formula is C18H28N3O3S+. The second-order valence-corrected chi connectivity index (χ2v) is 9.05. The number of primary sulfonamides is 1. The first-order valence-electron chi connectivity index (χ1n) is 9.13. The average Bonchev–Trinajstić information content (AvgIpc) is 2.60. The minimum Gasteiger partial charge on any atom is -0.325 e. The highest BCUT2D eigenvalue weighted by Gasteiger charge is 2.37. The van der Waals surface area contributed by atoms with Crippen molar-refractivity contribution in [3.05, 3.63) is 24.3 Å². The largest absolute Gasteiger partial charge is 0.325 e. The standard InChI is InChI=1S/C18H27N3O3S/c1-13(21-11-10-14-4-2-3-5-15(14)12-21)18(22)20-16-6-8-17(9-7-16)25(19,23)24/h6-9,13-15H,2-5,10-12H2,1H3,(H,20,22)(H2,19,23,24)/p+1/t13-,14-,15+/m0/s1. The van der Waals surface area contributed by atoms with Gasteiger partial charge in [0.2, 0.25) is 10.0 Å². The van der Waals surface area contributed by atoms with E-state index in [1.54, 1.807) is 12.1 Å². The SMILES string of the molecule is C[C@@H](C(=O)Nc1ccc(S(N)(=O)=O)cc1)[NH+]1CC[C@@H]2CCCC[C@@H]2C1. The summed E-state index contributed by atoms with van der Waals surface area (Å²) in [7, 11) is -3.71. The number of carbonyl (C=O) groups is 1. The zero-order valence-electron chi connectivity index (χ0n) is 14.7. The van der Waals surface area contributed by atoms with Gasteiger partial charge < -0.3 is 10.2 Å². The Labute approximate surface area is 149 Å². The predicted octanol–water partition coefficient (Wildman–Crippen LogP) is 0.756. The summed E-state index contributed by atoms with van der Waals surface area (Å²) in [5.74, 6) is 1.60. The van der Waals surface area contributed by atoms with E-state index in [0.717, 1.165) is 24.9 Å². The molecule has 1 amide bonds. The third kappa shape index (κ3) is 4.40. The fourth-order valence-corrected chi connectivity index (χ4v) is 4.82. The highest BCUT2D eigenvalue weighted by molar-refractivity contribution is 7.89. The van der Waals surface area contributed by atoms with Crippen LogP contribution in [0.15, 0.2) is 29.2 Å². The van der Waals surface area contributed by atoms with Crippen LogP contribution in [0.1, 0.15) is 39.0 Å². The van der Waals surface area contributed by atoms with Gasteiger partial charge in [-0.2, -0.15) is 0 Å². The Morgan fingerprint density at radius 1 is 1.16 bits per heavy atom. The van der Waals surface area contributed by atoms with Crippen molar-refractivity contribution in [1.82, 2.24) is 0 Å². The molecule has 4 atom stereocenters. The molecule has 7 heteroatoms. The number of nitrogens with one attached hydrogen (secondary N) is 2. The van der Waals surface area contributed by atoms with Crippen molar-refractivity contribution in [2.24, 2.45) is 17.0 Å². The van der Waals surface area contributed by atoms with Crippen LogP contribution in [0.25, 0.3) is 0 Å². The van der Waals surface area contributed by atoms with Gasteiger partial charge in [0, 0.05) is 11.6 Å². The van der Waals surface area contributed by atoms with Gasteiger partial charge in [-0.1, -0.05) is 12.8 Å². The molecule has 1 unspecified atom stereocenters. The summed E-state index contributed by atoms with van der Waals surface area (Å²) < 4.78 is 22.6. The maximum Gasteiger partial charge on any atom is 0.282 e. The summed E-state index contributed by atoms with van der Waals surface area (Å²) in [5, 5.41) is 7.98. The lowest BCUT2D eigenvalue weighted by Gasteiger charge is -2.40. The Kier molecular flexibility index (Phi) is 5.46. The van der Waals surface area contributed by atoms with Crippen molar-refractivity contribution in [2.45, 2.75) is 50.0 Å². The maximum absolute atomic E-state index is 12.6. The van der Waals surface area contributed by atoms with E-state index in [0.29, 0.717) is 5.69 Å². The average molecular weight is 367 g/mol. The molecule has 1 saturated heterocycles. The summed E-state index contributed by atoms with van der Waals surface area (Å²) in [4.78, 5) is 14.0. The van der Waals surface area contributed by atoms with Crippen molar-refractivity contribution in [3.63, 3.8) is 0 Å². The fraction of sp³-hybridized carbons (Fsp3) is 0.611. The number of hydrogen-bond acceptors (Lipinski definition) is 3. The number of anilines is 1. The third-order valence-electron chi connectivity index (χ3n) is 5.88. The quantitative estimate of drug-likeness (QED) is 0.734. The molecule has 0 radical (unpaired) electrons. The Morgan fingerprint density at radius 3 is 2.44 bits per heavy atom. The van der Waals surface area contributed by atoms with Crippen molar-refractivity contribution >= 4 is 21.6 Å². The molecule has 2 fully saturated rings. The second kappa shape index (κ2) is 7.43. The number of hydrogen-bond donors (Lipinski definition) is 3. The Morgan fingerprint density at radius 2 is 1.80 bits per heavy atom. The Bertz CT molecular complexity index is 718. The zero-order chi connectivity index (χ0) is 18.0. The monoisotopic (exact) mass is 366 g/mol. The minimum atomic E-state index is -3.71. The number of carbonyl (C=O) groups excluding carboxylic acids is 1. The van der Waals surface area contributed by atoms with Gasteiger partial charge in [-0.15, -0.1) is 0 Å². The van der Waals surface area contributed by atoms with Gasteiger partial charge in [-0.25, -0.2) is 13.6 Å². The van der Waals surface area contributed by atoms with Crippen molar-refractivity contribution in [2.75, 3.05) is 18.4 Å². The normalized spacial score (nSPS) is 28.0. The fourth-order valence-electron chi connectivity index (χ4n) is 4.30. The second-order valence-electron chi connectivity index (χ2n) is 7.49. The van der Waals surface area contributed by atoms with Crippen LogP contribution in [0, 0.1) is 11.8 Å². The van der Waals surface area contributed by atoms with Gasteiger partial charge >= 0.3 is 0 Å². The van der Waals surface area contributed by atoms with Crippen molar-refractivity contribution in [1.29, 1.82) is 0 Å². The summed E-state index contributed by atoms with van der Waals surface area (Å²) in [6, 6.07) is 5.87. The van der Waals surface area contributed by atoms with Crippen LogP contribution in [0.3, 0.4) is 0 Å². The van der Waals surface area contributed by atoms with E-state index in [4.69, 9.17) is 5.14 Å². The lowest BCUT2D eigenvalue weighted by Crippen LogP contribution is -3.18. The van der Waals surface area contributed by atoms with Crippen LogP contribution in [0.4, 0.5) is 5.69 Å².